The number of para-hydroxylation sites is 2. The molecule has 8 nitrogen and oxygen atoms in total. The number of pyridine rings is 1. The highest BCUT2D eigenvalue weighted by Gasteiger charge is 2.18. The Hall–Kier alpha value is -4.46. The molecule has 2 heterocycles. The predicted molar refractivity (Wildman–Crippen MR) is 113 cm³/mol. The molecule has 3 N–H and O–H groups in total. The molecule has 0 saturated carbocycles. The number of benzene rings is 2. The van der Waals surface area contributed by atoms with Gasteiger partial charge in [-0.3, -0.25) is 9.59 Å². The van der Waals surface area contributed by atoms with E-state index in [0.29, 0.717) is 22.4 Å². The van der Waals surface area contributed by atoms with E-state index in [-0.39, 0.29) is 16.8 Å². The lowest BCUT2D eigenvalue weighted by Gasteiger charge is -2.11. The summed E-state index contributed by atoms with van der Waals surface area (Å²) in [6.45, 7) is -0.543. The van der Waals surface area contributed by atoms with Gasteiger partial charge in [-0.2, -0.15) is 0 Å². The standard InChI is InChI=1S/C23H17N3O5/c24-22(28)15-7-2-4-9-18(15)26-21(27)13-31-23(29)16-12-19(20-10-5-11-30-20)25-17-8-3-1-6-14(16)17/h1-12H,13H2,(H2,24,28)(H,26,27). The molecule has 0 aliphatic rings. The zero-order valence-corrected chi connectivity index (χ0v) is 16.2. The number of hydrogen-bond donors (Lipinski definition) is 2. The largest absolute Gasteiger partial charge is 0.463 e. The number of fused-ring (bicyclic) bond motifs is 1. The molecule has 0 bridgehead atoms. The van der Waals surface area contributed by atoms with Crippen molar-refractivity contribution in [3.63, 3.8) is 0 Å². The van der Waals surface area contributed by atoms with Crippen LogP contribution in [0.4, 0.5) is 5.69 Å². The first-order chi connectivity index (χ1) is 15.0. The molecule has 8 heteroatoms. The molecule has 0 aliphatic heterocycles. The Morgan fingerprint density at radius 3 is 2.52 bits per heavy atom. The van der Waals surface area contributed by atoms with Crippen LogP contribution < -0.4 is 11.1 Å². The average Bonchev–Trinajstić information content (AvgIpc) is 3.32. The maximum Gasteiger partial charge on any atom is 0.339 e. The van der Waals surface area contributed by atoms with Crippen LogP contribution in [0, 0.1) is 0 Å². The van der Waals surface area contributed by atoms with Gasteiger partial charge in [0.25, 0.3) is 11.8 Å². The van der Waals surface area contributed by atoms with E-state index < -0.39 is 24.4 Å². The summed E-state index contributed by atoms with van der Waals surface area (Å²) in [6.07, 6.45) is 1.51. The lowest BCUT2D eigenvalue weighted by atomic mass is 10.1. The van der Waals surface area contributed by atoms with E-state index in [4.69, 9.17) is 14.9 Å². The van der Waals surface area contributed by atoms with Gasteiger partial charge in [-0.25, -0.2) is 9.78 Å². The van der Waals surface area contributed by atoms with Crippen LogP contribution in [0.5, 0.6) is 0 Å². The zero-order valence-electron chi connectivity index (χ0n) is 16.2. The Kier molecular flexibility index (Phi) is 5.44. The first-order valence-electron chi connectivity index (χ1n) is 9.32. The van der Waals surface area contributed by atoms with E-state index in [9.17, 15) is 14.4 Å². The number of hydrogen-bond acceptors (Lipinski definition) is 6. The van der Waals surface area contributed by atoms with Gasteiger partial charge in [0, 0.05) is 5.39 Å². The molecule has 2 aromatic carbocycles. The number of carbonyl (C=O) groups excluding carboxylic acids is 3. The molecule has 0 saturated heterocycles. The van der Waals surface area contributed by atoms with Crippen molar-refractivity contribution in [1.82, 2.24) is 4.98 Å². The van der Waals surface area contributed by atoms with Gasteiger partial charge in [0.2, 0.25) is 0 Å². The van der Waals surface area contributed by atoms with Gasteiger partial charge in [0.05, 0.1) is 28.6 Å². The van der Waals surface area contributed by atoms with Crippen molar-refractivity contribution in [1.29, 1.82) is 0 Å². The summed E-state index contributed by atoms with van der Waals surface area (Å²) in [5, 5.41) is 3.11. The minimum atomic E-state index is -0.690. The smallest absolute Gasteiger partial charge is 0.339 e. The first-order valence-corrected chi connectivity index (χ1v) is 9.32. The second-order valence-electron chi connectivity index (χ2n) is 6.58. The molecule has 2 aromatic heterocycles. The monoisotopic (exact) mass is 415 g/mol. The highest BCUT2D eigenvalue weighted by molar-refractivity contribution is 6.06. The fourth-order valence-electron chi connectivity index (χ4n) is 3.10. The van der Waals surface area contributed by atoms with Gasteiger partial charge in [-0.05, 0) is 36.4 Å². The third-order valence-electron chi connectivity index (χ3n) is 4.51. The zero-order chi connectivity index (χ0) is 21.8. The SMILES string of the molecule is NC(=O)c1ccccc1NC(=O)COC(=O)c1cc(-c2ccco2)nc2ccccc12. The average molecular weight is 415 g/mol. The number of aromatic nitrogens is 1. The van der Waals surface area contributed by atoms with Crippen molar-refractivity contribution in [2.75, 3.05) is 11.9 Å². The van der Waals surface area contributed by atoms with E-state index in [1.54, 1.807) is 54.6 Å². The molecule has 0 spiro atoms. The Morgan fingerprint density at radius 1 is 0.968 bits per heavy atom. The number of nitrogens with zero attached hydrogens (tertiary/aromatic N) is 1. The van der Waals surface area contributed by atoms with E-state index >= 15 is 0 Å². The van der Waals surface area contributed by atoms with Crippen molar-refractivity contribution in [2.45, 2.75) is 0 Å². The molecule has 0 unspecified atom stereocenters. The third-order valence-corrected chi connectivity index (χ3v) is 4.51. The Labute approximate surface area is 176 Å². The molecule has 154 valence electrons. The van der Waals surface area contributed by atoms with Gasteiger partial charge < -0.3 is 20.2 Å². The van der Waals surface area contributed by atoms with Gasteiger partial charge >= 0.3 is 5.97 Å². The van der Waals surface area contributed by atoms with Crippen LogP contribution in [-0.2, 0) is 9.53 Å². The molecule has 2 amide bonds. The molecule has 0 aliphatic carbocycles. The number of carbonyl (C=O) groups is 3. The van der Waals surface area contributed by atoms with E-state index in [1.807, 2.05) is 0 Å². The van der Waals surface area contributed by atoms with Gasteiger partial charge in [-0.1, -0.05) is 30.3 Å². The second kappa shape index (κ2) is 8.50. The summed E-state index contributed by atoms with van der Waals surface area (Å²) in [6, 6.07) is 18.4. The summed E-state index contributed by atoms with van der Waals surface area (Å²) in [7, 11) is 0. The summed E-state index contributed by atoms with van der Waals surface area (Å²) >= 11 is 0. The van der Waals surface area contributed by atoms with Crippen molar-refractivity contribution in [3.8, 4) is 11.5 Å². The molecule has 0 radical (unpaired) electrons. The minimum Gasteiger partial charge on any atom is -0.463 e. The predicted octanol–water partition coefficient (Wildman–Crippen LogP) is 3.39. The summed E-state index contributed by atoms with van der Waals surface area (Å²) < 4.78 is 10.6. The Balaban J connectivity index is 1.54. The number of amides is 2. The summed E-state index contributed by atoms with van der Waals surface area (Å²) in [5.74, 6) is -1.47. The van der Waals surface area contributed by atoms with Crippen molar-refractivity contribution >= 4 is 34.4 Å². The van der Waals surface area contributed by atoms with Crippen LogP contribution in [0.25, 0.3) is 22.4 Å². The lowest BCUT2D eigenvalue weighted by Crippen LogP contribution is -2.23. The normalized spacial score (nSPS) is 10.6. The van der Waals surface area contributed by atoms with Crippen LogP contribution in [0.2, 0.25) is 0 Å². The minimum absolute atomic E-state index is 0.158. The molecular formula is C23H17N3O5. The molecule has 0 fully saturated rings. The van der Waals surface area contributed by atoms with Gasteiger partial charge in [0.15, 0.2) is 12.4 Å². The van der Waals surface area contributed by atoms with Crippen LogP contribution in [0.1, 0.15) is 20.7 Å². The number of rotatable bonds is 6. The number of nitrogens with two attached hydrogens (primary N) is 1. The van der Waals surface area contributed by atoms with Crippen molar-refractivity contribution < 1.29 is 23.5 Å². The lowest BCUT2D eigenvalue weighted by molar-refractivity contribution is -0.119. The number of anilines is 1. The summed E-state index contributed by atoms with van der Waals surface area (Å²) in [5.41, 5.74) is 7.01. The molecule has 4 rings (SSSR count). The molecular weight excluding hydrogens is 398 g/mol. The third kappa shape index (κ3) is 4.27. The maximum absolute atomic E-state index is 12.8. The number of esters is 1. The van der Waals surface area contributed by atoms with E-state index in [0.717, 1.165) is 0 Å². The topological polar surface area (TPSA) is 125 Å². The Bertz CT molecular complexity index is 1280. The number of nitrogens with one attached hydrogen (secondary N) is 1. The van der Waals surface area contributed by atoms with E-state index in [2.05, 4.69) is 10.3 Å². The van der Waals surface area contributed by atoms with Crippen LogP contribution >= 0.6 is 0 Å². The number of ether oxygens (including phenoxy) is 1. The number of furan rings is 1. The van der Waals surface area contributed by atoms with Crippen molar-refractivity contribution in [2.24, 2.45) is 5.73 Å². The fourth-order valence-corrected chi connectivity index (χ4v) is 3.10. The highest BCUT2D eigenvalue weighted by atomic mass is 16.5. The summed E-state index contributed by atoms with van der Waals surface area (Å²) in [4.78, 5) is 41.0. The van der Waals surface area contributed by atoms with Crippen LogP contribution in [-0.4, -0.2) is 29.4 Å². The molecule has 0 atom stereocenters. The molecule has 4 aromatic rings. The first kappa shape index (κ1) is 19.8. The maximum atomic E-state index is 12.8. The van der Waals surface area contributed by atoms with Gasteiger partial charge in [0.1, 0.15) is 5.69 Å². The highest BCUT2D eigenvalue weighted by Crippen LogP contribution is 2.25. The number of primary amides is 1. The van der Waals surface area contributed by atoms with Crippen molar-refractivity contribution in [3.05, 3.63) is 84.1 Å². The van der Waals surface area contributed by atoms with Crippen LogP contribution in [0.3, 0.4) is 0 Å². The van der Waals surface area contributed by atoms with Crippen LogP contribution in [0.15, 0.2) is 77.4 Å². The quantitative estimate of drug-likeness (QED) is 0.465. The molecule has 31 heavy (non-hydrogen) atoms. The Morgan fingerprint density at radius 2 is 1.74 bits per heavy atom. The van der Waals surface area contributed by atoms with E-state index in [1.165, 1.54) is 18.4 Å². The fraction of sp³-hybridized carbons (Fsp3) is 0.0435. The van der Waals surface area contributed by atoms with Gasteiger partial charge in [-0.15, -0.1) is 0 Å². The second-order valence-corrected chi connectivity index (χ2v) is 6.58.